The summed E-state index contributed by atoms with van der Waals surface area (Å²) < 4.78 is 16.7. The van der Waals surface area contributed by atoms with E-state index in [1.54, 1.807) is 19.4 Å². The summed E-state index contributed by atoms with van der Waals surface area (Å²) in [5.74, 6) is 0.911. The summed E-state index contributed by atoms with van der Waals surface area (Å²) in [5, 5.41) is 3.39. The molecule has 2 atom stereocenters. The second-order valence-corrected chi connectivity index (χ2v) is 8.26. The molecule has 0 unspecified atom stereocenters. The highest BCUT2D eigenvalue weighted by Gasteiger charge is 2.31. The highest BCUT2D eigenvalue weighted by atomic mass is 35.5. The maximum Gasteiger partial charge on any atom is 0.255 e. The van der Waals surface area contributed by atoms with Gasteiger partial charge in [-0.05, 0) is 38.0 Å². The Morgan fingerprint density at radius 2 is 2.12 bits per heavy atom. The molecule has 10 heteroatoms. The molecule has 1 aromatic heterocycles. The number of amides is 1. The van der Waals surface area contributed by atoms with Crippen LogP contribution >= 0.6 is 11.6 Å². The standard InChI is InChI=1S/C23H31ClN4O4.H2O/c1-15-5-6-16(13-26-15)32-10-4-8-28-9-7-20(22(14-28)31-3)27-23(29)17-11-18(24)19(25)12-21(17)30-2;/h5-6,11-13,20,22H,4,7-10,14,25H2,1-3H3,(H,27,29);1H2/t20-,22+;/m1./s1. The van der Waals surface area contributed by atoms with E-state index in [9.17, 15) is 4.79 Å². The number of piperidine rings is 1. The van der Waals surface area contributed by atoms with E-state index in [4.69, 9.17) is 31.5 Å². The van der Waals surface area contributed by atoms with E-state index in [1.807, 2.05) is 19.1 Å². The lowest BCUT2D eigenvalue weighted by atomic mass is 10.0. The van der Waals surface area contributed by atoms with Gasteiger partial charge in [-0.25, -0.2) is 0 Å². The van der Waals surface area contributed by atoms with Crippen LogP contribution in [0.1, 0.15) is 28.9 Å². The maximum absolute atomic E-state index is 12.9. The minimum absolute atomic E-state index is 0. The molecule has 5 N–H and O–H groups in total. The molecule has 1 aromatic carbocycles. The number of nitrogen functional groups attached to an aromatic ring is 1. The largest absolute Gasteiger partial charge is 0.496 e. The van der Waals surface area contributed by atoms with Crippen molar-refractivity contribution in [3.63, 3.8) is 0 Å². The van der Waals surface area contributed by atoms with Gasteiger partial charge >= 0.3 is 0 Å². The molecule has 0 spiro atoms. The molecule has 1 aliphatic rings. The number of nitrogens with one attached hydrogen (secondary N) is 1. The van der Waals surface area contributed by atoms with Crippen molar-refractivity contribution >= 4 is 23.2 Å². The molecule has 0 bridgehead atoms. The molecule has 9 nitrogen and oxygen atoms in total. The summed E-state index contributed by atoms with van der Waals surface area (Å²) in [4.78, 5) is 19.4. The monoisotopic (exact) mass is 480 g/mol. The molecule has 182 valence electrons. The fourth-order valence-corrected chi connectivity index (χ4v) is 3.93. The number of rotatable bonds is 9. The number of halogens is 1. The fourth-order valence-electron chi connectivity index (χ4n) is 3.77. The van der Waals surface area contributed by atoms with E-state index < -0.39 is 0 Å². The van der Waals surface area contributed by atoms with Crippen molar-refractivity contribution in [2.24, 2.45) is 0 Å². The van der Waals surface area contributed by atoms with Crippen molar-refractivity contribution < 1.29 is 24.5 Å². The first kappa shape index (κ1) is 26.7. The zero-order chi connectivity index (χ0) is 23.1. The first-order chi connectivity index (χ1) is 15.4. The van der Waals surface area contributed by atoms with E-state index in [-0.39, 0.29) is 23.5 Å². The van der Waals surface area contributed by atoms with Gasteiger partial charge in [-0.2, -0.15) is 0 Å². The Balaban J connectivity index is 0.00000385. The summed E-state index contributed by atoms with van der Waals surface area (Å²) in [6.45, 7) is 5.05. The molecule has 0 saturated carbocycles. The molecule has 1 amide bonds. The Kier molecular flexibility index (Phi) is 10.2. The van der Waals surface area contributed by atoms with Gasteiger partial charge in [-0.1, -0.05) is 11.6 Å². The average molecular weight is 481 g/mol. The van der Waals surface area contributed by atoms with Crippen LogP contribution in [0.5, 0.6) is 11.5 Å². The van der Waals surface area contributed by atoms with Crippen molar-refractivity contribution in [3.05, 3.63) is 46.7 Å². The van der Waals surface area contributed by atoms with Crippen LogP contribution in [0.4, 0.5) is 5.69 Å². The molecular weight excluding hydrogens is 448 g/mol. The Morgan fingerprint density at radius 3 is 2.79 bits per heavy atom. The minimum atomic E-state index is -0.260. The third-order valence-electron chi connectivity index (χ3n) is 5.60. The van der Waals surface area contributed by atoms with Crippen LogP contribution in [0.3, 0.4) is 0 Å². The molecule has 33 heavy (non-hydrogen) atoms. The number of pyridine rings is 1. The number of aromatic nitrogens is 1. The Morgan fingerprint density at radius 1 is 1.33 bits per heavy atom. The second-order valence-electron chi connectivity index (χ2n) is 7.85. The van der Waals surface area contributed by atoms with E-state index in [0.717, 1.165) is 43.9 Å². The highest BCUT2D eigenvalue weighted by molar-refractivity contribution is 6.33. The molecule has 0 aliphatic carbocycles. The number of methoxy groups -OCH3 is 2. The lowest BCUT2D eigenvalue weighted by Gasteiger charge is -2.38. The summed E-state index contributed by atoms with van der Waals surface area (Å²) in [5.41, 5.74) is 7.50. The van der Waals surface area contributed by atoms with Crippen molar-refractivity contribution in [2.45, 2.75) is 31.9 Å². The van der Waals surface area contributed by atoms with Gasteiger partial charge in [0.25, 0.3) is 5.91 Å². The number of hydrogen-bond donors (Lipinski definition) is 2. The smallest absolute Gasteiger partial charge is 0.255 e. The van der Waals surface area contributed by atoms with E-state index in [0.29, 0.717) is 28.6 Å². The summed E-state index contributed by atoms with van der Waals surface area (Å²) in [6, 6.07) is 6.85. The van der Waals surface area contributed by atoms with Crippen LogP contribution in [-0.4, -0.2) is 73.9 Å². The normalized spacial score (nSPS) is 18.3. The number of nitrogens with two attached hydrogens (primary N) is 1. The molecule has 3 rings (SSSR count). The SMILES string of the molecule is COc1cc(N)c(Cl)cc1C(=O)N[C@@H]1CCN(CCCOc2ccc(C)nc2)C[C@@H]1OC.O. The molecule has 0 radical (unpaired) electrons. The summed E-state index contributed by atoms with van der Waals surface area (Å²) in [6.07, 6.45) is 3.29. The van der Waals surface area contributed by atoms with Gasteiger partial charge in [0, 0.05) is 38.5 Å². The van der Waals surface area contributed by atoms with Gasteiger partial charge in [-0.3, -0.25) is 9.78 Å². The van der Waals surface area contributed by atoms with Gasteiger partial charge in [0.05, 0.1) is 48.3 Å². The number of carbonyl (C=O) groups excluding carboxylic acids is 1. The first-order valence-electron chi connectivity index (χ1n) is 10.7. The minimum Gasteiger partial charge on any atom is -0.496 e. The topological polar surface area (TPSA) is 130 Å². The van der Waals surface area contributed by atoms with Gasteiger partial charge in [0.2, 0.25) is 0 Å². The molecule has 1 aliphatic heterocycles. The first-order valence-corrected chi connectivity index (χ1v) is 11.0. The summed E-state index contributed by atoms with van der Waals surface area (Å²) in [7, 11) is 3.16. The van der Waals surface area contributed by atoms with Crippen LogP contribution in [0, 0.1) is 6.92 Å². The van der Waals surface area contributed by atoms with Crippen molar-refractivity contribution in [1.29, 1.82) is 0 Å². The van der Waals surface area contributed by atoms with Crippen molar-refractivity contribution in [1.82, 2.24) is 15.2 Å². The second kappa shape index (κ2) is 12.6. The number of aryl methyl sites for hydroxylation is 1. The van der Waals surface area contributed by atoms with Gasteiger partial charge in [0.15, 0.2) is 0 Å². The third kappa shape index (κ3) is 7.20. The van der Waals surface area contributed by atoms with Crippen LogP contribution in [0.25, 0.3) is 0 Å². The third-order valence-corrected chi connectivity index (χ3v) is 5.92. The number of ether oxygens (including phenoxy) is 3. The fraction of sp³-hybridized carbons (Fsp3) is 0.478. The molecule has 1 fully saturated rings. The number of carbonyl (C=O) groups is 1. The Labute approximate surface area is 199 Å². The molecular formula is C23H33ClN4O5. The van der Waals surface area contributed by atoms with Gasteiger partial charge < -0.3 is 35.6 Å². The van der Waals surface area contributed by atoms with Crippen molar-refractivity contribution in [3.8, 4) is 11.5 Å². The maximum atomic E-state index is 12.9. The van der Waals surface area contributed by atoms with Crippen molar-refractivity contribution in [2.75, 3.05) is 46.2 Å². The average Bonchev–Trinajstić information content (AvgIpc) is 2.80. The van der Waals surface area contributed by atoms with Crippen LogP contribution in [0.2, 0.25) is 5.02 Å². The zero-order valence-electron chi connectivity index (χ0n) is 19.3. The van der Waals surface area contributed by atoms with E-state index in [1.165, 1.54) is 13.2 Å². The lowest BCUT2D eigenvalue weighted by Crippen LogP contribution is -2.55. The zero-order valence-corrected chi connectivity index (χ0v) is 20.0. The number of hydrogen-bond acceptors (Lipinski definition) is 7. The number of nitrogens with zero attached hydrogens (tertiary/aromatic N) is 2. The summed E-state index contributed by atoms with van der Waals surface area (Å²) >= 11 is 6.11. The van der Waals surface area contributed by atoms with E-state index >= 15 is 0 Å². The van der Waals surface area contributed by atoms with Crippen LogP contribution < -0.4 is 20.5 Å². The van der Waals surface area contributed by atoms with Crippen LogP contribution in [0.15, 0.2) is 30.5 Å². The Bertz CT molecular complexity index is 912. The van der Waals surface area contributed by atoms with Crippen LogP contribution in [-0.2, 0) is 4.74 Å². The van der Waals surface area contributed by atoms with Gasteiger partial charge in [0.1, 0.15) is 11.5 Å². The molecule has 2 aromatic rings. The number of likely N-dealkylation sites (tertiary alicyclic amines) is 1. The molecule has 1 saturated heterocycles. The number of anilines is 1. The number of benzene rings is 1. The predicted octanol–water partition coefficient (Wildman–Crippen LogP) is 2.10. The molecule has 2 heterocycles. The van der Waals surface area contributed by atoms with E-state index in [2.05, 4.69) is 15.2 Å². The lowest BCUT2D eigenvalue weighted by molar-refractivity contribution is 0.00527. The predicted molar refractivity (Wildman–Crippen MR) is 128 cm³/mol. The van der Waals surface area contributed by atoms with Gasteiger partial charge in [-0.15, -0.1) is 0 Å². The Hall–Kier alpha value is -2.59. The quantitative estimate of drug-likeness (QED) is 0.415. The highest BCUT2D eigenvalue weighted by Crippen LogP contribution is 2.29.